The van der Waals surface area contributed by atoms with Crippen LogP contribution in [0.4, 0.5) is 0 Å². The molecular weight excluding hydrogens is 356 g/mol. The van der Waals surface area contributed by atoms with Crippen LogP contribution >= 0.6 is 0 Å². The second-order valence-corrected chi connectivity index (χ2v) is 8.61. The van der Waals surface area contributed by atoms with Gasteiger partial charge in [0.25, 0.3) is 0 Å². The largest absolute Gasteiger partial charge is 0.466 e. The molecule has 0 aromatic rings. The van der Waals surface area contributed by atoms with Crippen molar-refractivity contribution in [1.82, 2.24) is 0 Å². The summed E-state index contributed by atoms with van der Waals surface area (Å²) < 4.78 is 5.06. The molecule has 2 saturated carbocycles. The Balaban J connectivity index is 0.000000179. The van der Waals surface area contributed by atoms with Crippen molar-refractivity contribution in [2.75, 3.05) is 6.61 Å². The number of fused-ring (bicyclic) bond motifs is 2. The van der Waals surface area contributed by atoms with Crippen LogP contribution in [-0.4, -0.2) is 12.6 Å². The predicted octanol–water partition coefficient (Wildman–Crippen LogP) is 5.85. The minimum absolute atomic E-state index is 0.152. The number of carbonyl (C=O) groups is 1. The van der Waals surface area contributed by atoms with Gasteiger partial charge in [-0.05, 0) is 61.2 Å². The van der Waals surface area contributed by atoms with Gasteiger partial charge in [0.15, 0.2) is 0 Å². The molecule has 0 radical (unpaired) electrons. The number of carbonyl (C=O) groups excluding carboxylic acids is 1. The Morgan fingerprint density at radius 3 is 1.55 bits per heavy atom. The highest BCUT2D eigenvalue weighted by Crippen LogP contribution is 2.54. The fourth-order valence-electron chi connectivity index (χ4n) is 5.14. The third-order valence-corrected chi connectivity index (χ3v) is 6.83. The minimum Gasteiger partial charge on any atom is -0.466 e. The summed E-state index contributed by atoms with van der Waals surface area (Å²) in [5.74, 6) is 20.5. The van der Waals surface area contributed by atoms with Gasteiger partial charge in [-0.15, -0.1) is 36.0 Å². The highest BCUT2D eigenvalue weighted by atomic mass is 16.5. The summed E-state index contributed by atoms with van der Waals surface area (Å²) in [5, 5.41) is 0. The lowest BCUT2D eigenvalue weighted by atomic mass is 10.1. The molecule has 0 N–H and O–H groups in total. The summed E-state index contributed by atoms with van der Waals surface area (Å²) in [4.78, 5) is 10.7. The Kier molecular flexibility index (Phi) is 10.2. The molecule has 0 heterocycles. The van der Waals surface area contributed by atoms with Crippen LogP contribution in [0.15, 0.2) is 0 Å². The molecule has 2 nitrogen and oxygen atoms in total. The van der Waals surface area contributed by atoms with Crippen molar-refractivity contribution >= 4 is 5.97 Å². The molecule has 4 atom stereocenters. The Morgan fingerprint density at radius 1 is 0.862 bits per heavy atom. The van der Waals surface area contributed by atoms with Gasteiger partial charge in [-0.25, -0.2) is 0 Å². The molecule has 0 amide bonds. The van der Waals surface area contributed by atoms with Crippen LogP contribution in [0.2, 0.25) is 0 Å². The maximum atomic E-state index is 10.7. The molecule has 0 aromatic carbocycles. The number of ether oxygens (including phenoxy) is 1. The molecule has 4 unspecified atom stereocenters. The molecule has 4 rings (SSSR count). The topological polar surface area (TPSA) is 26.3 Å². The molecule has 0 aromatic heterocycles. The lowest BCUT2D eigenvalue weighted by Crippen LogP contribution is -2.03. The predicted molar refractivity (Wildman–Crippen MR) is 119 cm³/mol. The number of rotatable bonds is 3. The zero-order valence-electron chi connectivity index (χ0n) is 18.6. The van der Waals surface area contributed by atoms with E-state index in [2.05, 4.69) is 36.5 Å². The number of terminal acetylenes is 1. The van der Waals surface area contributed by atoms with Crippen LogP contribution < -0.4 is 0 Å². The van der Waals surface area contributed by atoms with Crippen LogP contribution in [-0.2, 0) is 9.53 Å². The van der Waals surface area contributed by atoms with Gasteiger partial charge >= 0.3 is 5.97 Å². The third-order valence-electron chi connectivity index (χ3n) is 6.83. The molecule has 2 heteroatoms. The Bertz CT molecular complexity index is 641. The SMILES string of the molecule is C#CCC.CC(=O)OCC1C2CCC#CCCC21.CCC1C2CCC#CCCC12. The van der Waals surface area contributed by atoms with Crippen molar-refractivity contribution < 1.29 is 9.53 Å². The molecular formula is C27H38O2. The van der Waals surface area contributed by atoms with E-state index >= 15 is 0 Å². The fourth-order valence-corrected chi connectivity index (χ4v) is 5.14. The van der Waals surface area contributed by atoms with E-state index in [1.165, 1.54) is 39.0 Å². The molecule has 0 bridgehead atoms. The Morgan fingerprint density at radius 2 is 1.24 bits per heavy atom. The Labute approximate surface area is 178 Å². The average molecular weight is 395 g/mol. The van der Waals surface area contributed by atoms with Crippen molar-refractivity contribution in [3.8, 4) is 36.0 Å². The molecule has 0 saturated heterocycles. The van der Waals surface area contributed by atoms with E-state index in [1.807, 2.05) is 6.92 Å². The standard InChI is InChI=1S/C12H16O2.C11H16.C4H6/c1-9(13)14-8-12-10-6-4-2-3-5-7-11(10)12;1-2-9-10-7-5-3-4-6-8-11(9)10;1-3-4-2/h10-12H,4-8H2,1H3;9-11H,2,5-8H2,1H3;1H,4H2,2H3. The number of hydrogen-bond acceptors (Lipinski definition) is 2. The van der Waals surface area contributed by atoms with E-state index in [4.69, 9.17) is 11.2 Å². The van der Waals surface area contributed by atoms with Crippen molar-refractivity contribution in [1.29, 1.82) is 0 Å². The van der Waals surface area contributed by atoms with E-state index < -0.39 is 0 Å². The lowest BCUT2D eigenvalue weighted by molar-refractivity contribution is -0.141. The molecule has 0 aliphatic heterocycles. The van der Waals surface area contributed by atoms with E-state index in [1.54, 1.807) is 0 Å². The maximum absolute atomic E-state index is 10.7. The van der Waals surface area contributed by atoms with Crippen molar-refractivity contribution in [3.63, 3.8) is 0 Å². The molecule has 158 valence electrons. The second-order valence-electron chi connectivity index (χ2n) is 8.61. The summed E-state index contributed by atoms with van der Waals surface area (Å²) in [6, 6.07) is 0. The van der Waals surface area contributed by atoms with Gasteiger partial charge < -0.3 is 4.74 Å². The third kappa shape index (κ3) is 7.82. The van der Waals surface area contributed by atoms with Gasteiger partial charge in [-0.3, -0.25) is 4.79 Å². The average Bonchev–Trinajstić information content (AvgIpc) is 3.54. The first-order valence-corrected chi connectivity index (χ1v) is 11.6. The summed E-state index contributed by atoms with van der Waals surface area (Å²) in [5.41, 5.74) is 0. The highest BCUT2D eigenvalue weighted by molar-refractivity contribution is 5.65. The summed E-state index contributed by atoms with van der Waals surface area (Å²) in [7, 11) is 0. The van der Waals surface area contributed by atoms with Crippen LogP contribution in [0.3, 0.4) is 0 Å². The first-order valence-electron chi connectivity index (χ1n) is 11.6. The first kappa shape index (κ1) is 23.4. The molecule has 4 aliphatic carbocycles. The van der Waals surface area contributed by atoms with Gasteiger partial charge in [0.2, 0.25) is 0 Å². The van der Waals surface area contributed by atoms with Gasteiger partial charge in [-0.1, -0.05) is 20.3 Å². The van der Waals surface area contributed by atoms with Crippen molar-refractivity contribution in [3.05, 3.63) is 0 Å². The normalized spacial score (nSPS) is 32.8. The summed E-state index contributed by atoms with van der Waals surface area (Å²) in [6.07, 6.45) is 16.6. The second kappa shape index (κ2) is 12.7. The van der Waals surface area contributed by atoms with Crippen LogP contribution in [0.1, 0.15) is 85.0 Å². The van der Waals surface area contributed by atoms with Gasteiger partial charge in [0.1, 0.15) is 0 Å². The van der Waals surface area contributed by atoms with Crippen molar-refractivity contribution in [2.45, 2.75) is 85.0 Å². The van der Waals surface area contributed by atoms with Gasteiger partial charge in [0, 0.05) is 39.0 Å². The van der Waals surface area contributed by atoms with Crippen LogP contribution in [0.25, 0.3) is 0 Å². The number of esters is 1. The number of hydrogen-bond donors (Lipinski definition) is 0. The van der Waals surface area contributed by atoms with E-state index in [0.717, 1.165) is 61.7 Å². The summed E-state index contributed by atoms with van der Waals surface area (Å²) in [6.45, 7) is 6.38. The Hall–Kier alpha value is -1.85. The quantitative estimate of drug-likeness (QED) is 0.443. The first-order chi connectivity index (χ1) is 14.1. The van der Waals surface area contributed by atoms with Gasteiger partial charge in [0.05, 0.1) is 6.61 Å². The maximum Gasteiger partial charge on any atom is 0.302 e. The van der Waals surface area contributed by atoms with Crippen molar-refractivity contribution in [2.24, 2.45) is 35.5 Å². The highest BCUT2D eigenvalue weighted by Gasteiger charge is 2.49. The zero-order valence-corrected chi connectivity index (χ0v) is 18.6. The van der Waals surface area contributed by atoms with Crippen LogP contribution in [0, 0.1) is 71.5 Å². The fraction of sp³-hybridized carbons (Fsp3) is 0.741. The monoisotopic (exact) mass is 394 g/mol. The summed E-state index contributed by atoms with van der Waals surface area (Å²) >= 11 is 0. The van der Waals surface area contributed by atoms with E-state index in [0.29, 0.717) is 12.5 Å². The van der Waals surface area contributed by atoms with Gasteiger partial charge in [-0.2, -0.15) is 0 Å². The minimum atomic E-state index is -0.152. The molecule has 0 spiro atoms. The molecule has 4 aliphatic rings. The van der Waals surface area contributed by atoms with Crippen LogP contribution in [0.5, 0.6) is 0 Å². The van der Waals surface area contributed by atoms with E-state index in [9.17, 15) is 4.79 Å². The smallest absolute Gasteiger partial charge is 0.302 e. The molecule has 2 fully saturated rings. The molecule has 29 heavy (non-hydrogen) atoms. The zero-order chi connectivity index (χ0) is 21.1. The lowest BCUT2D eigenvalue weighted by Gasteiger charge is -1.99. The van der Waals surface area contributed by atoms with E-state index in [-0.39, 0.29) is 5.97 Å².